The molecule has 0 radical (unpaired) electrons. The van der Waals surface area contributed by atoms with Gasteiger partial charge in [-0.15, -0.1) is 0 Å². The summed E-state index contributed by atoms with van der Waals surface area (Å²) < 4.78 is 19.6. The normalized spacial score (nSPS) is 20.9. The van der Waals surface area contributed by atoms with Crippen LogP contribution in [0.2, 0.25) is 0 Å². The predicted octanol–water partition coefficient (Wildman–Crippen LogP) is 0.608. The highest BCUT2D eigenvalue weighted by Gasteiger charge is 2.47. The summed E-state index contributed by atoms with van der Waals surface area (Å²) in [5.74, 6) is -2.21. The molecule has 1 heterocycles. The van der Waals surface area contributed by atoms with Crippen LogP contribution in [0.3, 0.4) is 0 Å². The summed E-state index contributed by atoms with van der Waals surface area (Å²) in [7, 11) is 0. The van der Waals surface area contributed by atoms with Crippen LogP contribution in [0.15, 0.2) is 18.2 Å². The molecule has 1 aromatic carbocycles. The Balaban J connectivity index is 1.49. The van der Waals surface area contributed by atoms with E-state index in [4.69, 9.17) is 10.5 Å². The second kappa shape index (κ2) is 7.48. The number of halogens is 1. The number of hydrogen-bond donors (Lipinski definition) is 2. The number of primary amides is 1. The largest absolute Gasteiger partial charge is 0.370 e. The van der Waals surface area contributed by atoms with E-state index >= 15 is 0 Å². The topological polar surface area (TPSA) is 105 Å². The van der Waals surface area contributed by atoms with Crippen molar-refractivity contribution in [1.29, 1.82) is 0 Å². The first-order valence-corrected chi connectivity index (χ1v) is 9.51. The van der Waals surface area contributed by atoms with Gasteiger partial charge < -0.3 is 20.7 Å². The van der Waals surface area contributed by atoms with E-state index in [9.17, 15) is 18.8 Å². The molecule has 8 nitrogen and oxygen atoms in total. The minimum Gasteiger partial charge on any atom is -0.370 e. The summed E-state index contributed by atoms with van der Waals surface area (Å²) in [4.78, 5) is 39.9. The van der Waals surface area contributed by atoms with Gasteiger partial charge in [0.15, 0.2) is 6.04 Å². The first kappa shape index (κ1) is 18.8. The van der Waals surface area contributed by atoms with Crippen molar-refractivity contribution in [3.63, 3.8) is 0 Å². The lowest BCUT2D eigenvalue weighted by Gasteiger charge is -2.29. The Morgan fingerprint density at radius 3 is 2.46 bits per heavy atom. The van der Waals surface area contributed by atoms with Gasteiger partial charge in [0.1, 0.15) is 12.4 Å². The number of ether oxygens (including phenoxy) is 1. The van der Waals surface area contributed by atoms with Gasteiger partial charge in [0.2, 0.25) is 5.91 Å². The molecule has 0 aromatic heterocycles. The number of nitrogens with two attached hydrogens (primary N) is 1. The van der Waals surface area contributed by atoms with Crippen molar-refractivity contribution in [2.75, 3.05) is 30.0 Å². The van der Waals surface area contributed by atoms with Crippen molar-refractivity contribution in [2.45, 2.75) is 43.8 Å². The number of carbonyl (C=O) groups excluding carboxylic acids is 3. The SMILES string of the molecule is NC(=O)[C@H](C(=O)Nc1ccc(N2CCOCC2=O)c(F)c1)N(C1CC1)C1CC1. The van der Waals surface area contributed by atoms with Crippen LogP contribution in [0, 0.1) is 5.82 Å². The van der Waals surface area contributed by atoms with Gasteiger partial charge in [-0.3, -0.25) is 19.3 Å². The Kier molecular flexibility index (Phi) is 5.03. The predicted molar refractivity (Wildman–Crippen MR) is 99.1 cm³/mol. The van der Waals surface area contributed by atoms with Crippen LogP contribution in [0.25, 0.3) is 0 Å². The van der Waals surface area contributed by atoms with Crippen LogP contribution < -0.4 is 16.0 Å². The first-order valence-electron chi connectivity index (χ1n) is 9.51. The molecule has 3 fully saturated rings. The second-order valence-corrected chi connectivity index (χ2v) is 7.47. The van der Waals surface area contributed by atoms with Crippen LogP contribution >= 0.6 is 0 Å². The minimum absolute atomic E-state index is 0.0869. The number of amides is 3. The molecule has 1 atom stereocenters. The summed E-state index contributed by atoms with van der Waals surface area (Å²) >= 11 is 0. The zero-order valence-corrected chi connectivity index (χ0v) is 15.4. The standard InChI is InChI=1S/C19H23FN4O4/c20-14-9-11(1-6-15(14)23-7-8-28-10-16(23)25)22-19(27)17(18(21)26)24(12-2-3-12)13-4-5-13/h1,6,9,12-13,17H,2-5,7-8,10H2,(H2,21,26)(H,22,27)/t17-/m1/s1. The number of rotatable bonds is 7. The quantitative estimate of drug-likeness (QED) is 0.664. The van der Waals surface area contributed by atoms with Crippen LogP contribution in [0.4, 0.5) is 15.8 Å². The Morgan fingerprint density at radius 2 is 1.93 bits per heavy atom. The van der Waals surface area contributed by atoms with Gasteiger partial charge in [0.25, 0.3) is 11.8 Å². The van der Waals surface area contributed by atoms with E-state index in [0.29, 0.717) is 6.61 Å². The average Bonchev–Trinajstić information content (AvgIpc) is 3.54. The monoisotopic (exact) mass is 390 g/mol. The van der Waals surface area contributed by atoms with Gasteiger partial charge in [-0.2, -0.15) is 0 Å². The van der Waals surface area contributed by atoms with E-state index in [0.717, 1.165) is 31.7 Å². The number of nitrogens with zero attached hydrogens (tertiary/aromatic N) is 2. The van der Waals surface area contributed by atoms with E-state index < -0.39 is 23.7 Å². The molecule has 4 rings (SSSR count). The zero-order valence-electron chi connectivity index (χ0n) is 15.4. The number of benzene rings is 1. The molecule has 0 spiro atoms. The van der Waals surface area contributed by atoms with Gasteiger partial charge in [-0.1, -0.05) is 0 Å². The molecular weight excluding hydrogens is 367 g/mol. The Hall–Kier alpha value is -2.52. The molecule has 3 N–H and O–H groups in total. The van der Waals surface area contributed by atoms with Gasteiger partial charge in [-0.25, -0.2) is 4.39 Å². The van der Waals surface area contributed by atoms with Crippen LogP contribution in [-0.2, 0) is 19.1 Å². The highest BCUT2D eigenvalue weighted by atomic mass is 19.1. The van der Waals surface area contributed by atoms with Gasteiger partial charge in [0, 0.05) is 24.3 Å². The number of nitrogens with one attached hydrogen (secondary N) is 1. The highest BCUT2D eigenvalue weighted by molar-refractivity contribution is 6.09. The van der Waals surface area contributed by atoms with E-state index in [2.05, 4.69) is 5.32 Å². The van der Waals surface area contributed by atoms with Crippen molar-refractivity contribution in [2.24, 2.45) is 5.73 Å². The molecule has 28 heavy (non-hydrogen) atoms. The van der Waals surface area contributed by atoms with Crippen molar-refractivity contribution >= 4 is 29.1 Å². The molecule has 1 saturated heterocycles. The summed E-state index contributed by atoms with van der Waals surface area (Å²) in [6, 6.07) is 3.45. The molecule has 3 amide bonds. The fourth-order valence-corrected chi connectivity index (χ4v) is 3.66. The summed E-state index contributed by atoms with van der Waals surface area (Å²) in [6.07, 6.45) is 3.80. The molecular formula is C19H23FN4O4. The fourth-order valence-electron chi connectivity index (χ4n) is 3.66. The van der Waals surface area contributed by atoms with Crippen LogP contribution in [-0.4, -0.2) is 60.5 Å². The zero-order chi connectivity index (χ0) is 19.8. The van der Waals surface area contributed by atoms with Crippen LogP contribution in [0.1, 0.15) is 25.7 Å². The molecule has 150 valence electrons. The van der Waals surface area contributed by atoms with Crippen molar-refractivity contribution in [3.05, 3.63) is 24.0 Å². The maximum absolute atomic E-state index is 14.6. The van der Waals surface area contributed by atoms with Gasteiger partial charge in [-0.05, 0) is 43.9 Å². The van der Waals surface area contributed by atoms with Gasteiger partial charge in [0.05, 0.1) is 12.3 Å². The third kappa shape index (κ3) is 3.85. The number of anilines is 2. The summed E-state index contributed by atoms with van der Waals surface area (Å²) in [6.45, 7) is 0.515. The first-order chi connectivity index (χ1) is 13.5. The third-order valence-corrected chi connectivity index (χ3v) is 5.24. The van der Waals surface area contributed by atoms with E-state index in [1.54, 1.807) is 0 Å². The second-order valence-electron chi connectivity index (χ2n) is 7.47. The van der Waals surface area contributed by atoms with E-state index in [1.165, 1.54) is 17.0 Å². The third-order valence-electron chi connectivity index (χ3n) is 5.24. The fraction of sp³-hybridized carbons (Fsp3) is 0.526. The Labute approximate surface area is 161 Å². The Bertz CT molecular complexity index is 797. The number of morpholine rings is 1. The van der Waals surface area contributed by atoms with Crippen molar-refractivity contribution in [1.82, 2.24) is 4.90 Å². The minimum atomic E-state index is -1.07. The number of carbonyl (C=O) groups is 3. The molecule has 0 bridgehead atoms. The molecule has 2 aliphatic carbocycles. The molecule has 3 aliphatic rings. The molecule has 9 heteroatoms. The lowest BCUT2D eigenvalue weighted by atomic mass is 10.1. The molecule has 1 aromatic rings. The Morgan fingerprint density at radius 1 is 1.25 bits per heavy atom. The molecule has 1 aliphatic heterocycles. The van der Waals surface area contributed by atoms with E-state index in [-0.39, 0.29) is 42.5 Å². The maximum Gasteiger partial charge on any atom is 0.253 e. The summed E-state index contributed by atoms with van der Waals surface area (Å²) in [5.41, 5.74) is 5.87. The lowest BCUT2D eigenvalue weighted by molar-refractivity contribution is -0.133. The molecule has 0 unspecified atom stereocenters. The summed E-state index contributed by atoms with van der Waals surface area (Å²) in [5, 5.41) is 2.60. The van der Waals surface area contributed by atoms with Crippen molar-refractivity contribution in [3.8, 4) is 0 Å². The lowest BCUT2D eigenvalue weighted by Crippen LogP contribution is -2.54. The average molecular weight is 390 g/mol. The van der Waals surface area contributed by atoms with Crippen LogP contribution in [0.5, 0.6) is 0 Å². The van der Waals surface area contributed by atoms with Gasteiger partial charge >= 0.3 is 0 Å². The maximum atomic E-state index is 14.6. The number of hydrogen-bond acceptors (Lipinski definition) is 5. The van der Waals surface area contributed by atoms with E-state index in [1.807, 2.05) is 4.90 Å². The smallest absolute Gasteiger partial charge is 0.253 e. The molecule has 2 saturated carbocycles. The van der Waals surface area contributed by atoms with Crippen molar-refractivity contribution < 1.29 is 23.5 Å². The highest BCUT2D eigenvalue weighted by Crippen LogP contribution is 2.39.